The van der Waals surface area contributed by atoms with Gasteiger partial charge in [0.2, 0.25) is 0 Å². The first-order valence-electron chi connectivity index (χ1n) is 7.35. The molecule has 0 aliphatic carbocycles. The molecule has 2 rings (SSSR count). The molecule has 0 fully saturated rings. The van der Waals surface area contributed by atoms with Gasteiger partial charge in [0.25, 0.3) is 0 Å². The lowest BCUT2D eigenvalue weighted by atomic mass is 10.2. The largest absolute Gasteiger partial charge is 0.347 e. The topological polar surface area (TPSA) is 79.3 Å². The second-order valence-electron chi connectivity index (χ2n) is 5.42. The van der Waals surface area contributed by atoms with Gasteiger partial charge < -0.3 is 15.5 Å². The number of hydrogen-bond acceptors (Lipinski definition) is 4. The summed E-state index contributed by atoms with van der Waals surface area (Å²) in [4.78, 5) is 25.5. The summed E-state index contributed by atoms with van der Waals surface area (Å²) in [5.74, 6) is -1.30. The fourth-order valence-electron chi connectivity index (χ4n) is 1.99. The summed E-state index contributed by atoms with van der Waals surface area (Å²) in [6.45, 7) is 1.71. The smallest absolute Gasteiger partial charge is 0.313 e. The highest BCUT2D eigenvalue weighted by atomic mass is 16.2. The molecule has 0 aliphatic heterocycles. The van der Waals surface area contributed by atoms with Gasteiger partial charge in [0.05, 0.1) is 6.54 Å². The number of rotatable bonds is 6. The standard InChI is InChI=1S/C16H21N5O2/c1-20(2)10-8-17-15(22)16(23)19-14-6-3-5-13(11-14)12-21-9-4-7-18-21/h3-7,9,11H,8,10,12H2,1-2H3,(H,17,22)(H,19,23). The van der Waals surface area contributed by atoms with Crippen molar-refractivity contribution < 1.29 is 9.59 Å². The Hall–Kier alpha value is -2.67. The van der Waals surface area contributed by atoms with E-state index in [-0.39, 0.29) is 0 Å². The predicted molar refractivity (Wildman–Crippen MR) is 88.0 cm³/mol. The van der Waals surface area contributed by atoms with Crippen molar-refractivity contribution in [2.45, 2.75) is 6.54 Å². The number of carbonyl (C=O) groups excluding carboxylic acids is 2. The van der Waals surface area contributed by atoms with Crippen LogP contribution in [0.25, 0.3) is 0 Å². The Morgan fingerprint density at radius 1 is 1.22 bits per heavy atom. The first-order valence-corrected chi connectivity index (χ1v) is 7.35. The Morgan fingerprint density at radius 3 is 2.74 bits per heavy atom. The van der Waals surface area contributed by atoms with E-state index in [4.69, 9.17) is 0 Å². The van der Waals surface area contributed by atoms with Crippen LogP contribution in [-0.2, 0) is 16.1 Å². The van der Waals surface area contributed by atoms with Gasteiger partial charge in [0.1, 0.15) is 0 Å². The minimum absolute atomic E-state index is 0.429. The zero-order chi connectivity index (χ0) is 16.7. The molecule has 122 valence electrons. The third-order valence-electron chi connectivity index (χ3n) is 3.14. The zero-order valence-electron chi connectivity index (χ0n) is 13.3. The van der Waals surface area contributed by atoms with Crippen LogP contribution < -0.4 is 10.6 Å². The third kappa shape index (κ3) is 5.55. The van der Waals surface area contributed by atoms with Crippen LogP contribution in [0.3, 0.4) is 0 Å². The van der Waals surface area contributed by atoms with E-state index in [0.29, 0.717) is 25.3 Å². The monoisotopic (exact) mass is 315 g/mol. The van der Waals surface area contributed by atoms with Crippen LogP contribution >= 0.6 is 0 Å². The molecular formula is C16H21N5O2. The van der Waals surface area contributed by atoms with Gasteiger partial charge in [-0.2, -0.15) is 5.10 Å². The lowest BCUT2D eigenvalue weighted by Crippen LogP contribution is -2.38. The van der Waals surface area contributed by atoms with Crippen LogP contribution in [0.4, 0.5) is 5.69 Å². The zero-order valence-corrected chi connectivity index (χ0v) is 13.3. The molecule has 0 saturated heterocycles. The van der Waals surface area contributed by atoms with E-state index in [2.05, 4.69) is 15.7 Å². The summed E-state index contributed by atoms with van der Waals surface area (Å²) in [6, 6.07) is 9.20. The van der Waals surface area contributed by atoms with Crippen molar-refractivity contribution >= 4 is 17.5 Å². The van der Waals surface area contributed by atoms with Gasteiger partial charge in [-0.15, -0.1) is 0 Å². The Balaban J connectivity index is 1.89. The van der Waals surface area contributed by atoms with Crippen molar-refractivity contribution in [1.82, 2.24) is 20.0 Å². The highest BCUT2D eigenvalue weighted by Gasteiger charge is 2.13. The Bertz CT molecular complexity index is 652. The average molecular weight is 315 g/mol. The van der Waals surface area contributed by atoms with Crippen molar-refractivity contribution in [3.05, 3.63) is 48.3 Å². The van der Waals surface area contributed by atoms with Crippen LogP contribution in [0.5, 0.6) is 0 Å². The van der Waals surface area contributed by atoms with Crippen molar-refractivity contribution in [1.29, 1.82) is 0 Å². The quantitative estimate of drug-likeness (QED) is 0.763. The molecule has 0 atom stereocenters. The third-order valence-corrected chi connectivity index (χ3v) is 3.14. The highest BCUT2D eigenvalue weighted by molar-refractivity contribution is 6.39. The van der Waals surface area contributed by atoms with Crippen LogP contribution in [0.1, 0.15) is 5.56 Å². The van der Waals surface area contributed by atoms with Gasteiger partial charge in [-0.1, -0.05) is 12.1 Å². The van der Waals surface area contributed by atoms with Crippen LogP contribution in [0, 0.1) is 0 Å². The maximum atomic E-state index is 11.9. The van der Waals surface area contributed by atoms with E-state index in [0.717, 1.165) is 5.56 Å². The summed E-state index contributed by atoms with van der Waals surface area (Å²) in [7, 11) is 3.80. The summed E-state index contributed by atoms with van der Waals surface area (Å²) < 4.78 is 1.79. The first-order chi connectivity index (χ1) is 11.0. The molecule has 7 nitrogen and oxygen atoms in total. The summed E-state index contributed by atoms with van der Waals surface area (Å²) in [5, 5.41) is 9.32. The van der Waals surface area contributed by atoms with Crippen molar-refractivity contribution in [3.8, 4) is 0 Å². The van der Waals surface area contributed by atoms with E-state index in [9.17, 15) is 9.59 Å². The predicted octanol–water partition coefficient (Wildman–Crippen LogP) is 0.548. The van der Waals surface area contributed by atoms with Gasteiger partial charge in [-0.3, -0.25) is 14.3 Å². The maximum absolute atomic E-state index is 11.9. The number of amides is 2. The van der Waals surface area contributed by atoms with E-state index < -0.39 is 11.8 Å². The number of nitrogens with one attached hydrogen (secondary N) is 2. The fourth-order valence-corrected chi connectivity index (χ4v) is 1.99. The van der Waals surface area contributed by atoms with E-state index in [1.807, 2.05) is 49.5 Å². The number of carbonyl (C=O) groups is 2. The van der Waals surface area contributed by atoms with Crippen LogP contribution in [0.2, 0.25) is 0 Å². The summed E-state index contributed by atoms with van der Waals surface area (Å²) in [6.07, 6.45) is 3.58. The number of benzene rings is 1. The molecule has 2 amide bonds. The van der Waals surface area contributed by atoms with E-state index in [1.54, 1.807) is 16.9 Å². The number of nitrogens with zero attached hydrogens (tertiary/aromatic N) is 3. The number of hydrogen-bond donors (Lipinski definition) is 2. The average Bonchev–Trinajstić information content (AvgIpc) is 3.00. The molecule has 2 aromatic rings. The first kappa shape index (κ1) is 16.7. The SMILES string of the molecule is CN(C)CCNC(=O)C(=O)Nc1cccc(Cn2cccn2)c1. The van der Waals surface area contributed by atoms with Crippen molar-refractivity contribution in [2.75, 3.05) is 32.5 Å². The fraction of sp³-hybridized carbons (Fsp3) is 0.312. The lowest BCUT2D eigenvalue weighted by molar-refractivity contribution is -0.136. The van der Waals surface area contributed by atoms with Gasteiger partial charge in [-0.05, 0) is 37.9 Å². The van der Waals surface area contributed by atoms with E-state index in [1.165, 1.54) is 0 Å². The Kier molecular flexibility index (Phi) is 5.87. The summed E-state index contributed by atoms with van der Waals surface area (Å²) in [5.41, 5.74) is 1.57. The normalized spacial score (nSPS) is 10.6. The molecule has 0 spiro atoms. The Labute approximate surface area is 135 Å². The Morgan fingerprint density at radius 2 is 2.04 bits per heavy atom. The molecule has 1 aromatic heterocycles. The van der Waals surface area contributed by atoms with Crippen LogP contribution in [-0.4, -0.2) is 53.7 Å². The summed E-state index contributed by atoms with van der Waals surface area (Å²) >= 11 is 0. The molecular weight excluding hydrogens is 294 g/mol. The number of likely N-dealkylation sites (N-methyl/N-ethyl adjacent to an activating group) is 1. The minimum Gasteiger partial charge on any atom is -0.347 e. The molecule has 23 heavy (non-hydrogen) atoms. The molecule has 0 saturated carbocycles. The lowest BCUT2D eigenvalue weighted by Gasteiger charge is -2.11. The second kappa shape index (κ2) is 8.09. The van der Waals surface area contributed by atoms with Gasteiger partial charge in [0.15, 0.2) is 0 Å². The molecule has 1 aromatic carbocycles. The maximum Gasteiger partial charge on any atom is 0.313 e. The van der Waals surface area contributed by atoms with Crippen LogP contribution in [0.15, 0.2) is 42.7 Å². The number of aromatic nitrogens is 2. The molecule has 2 N–H and O–H groups in total. The highest BCUT2D eigenvalue weighted by Crippen LogP contribution is 2.11. The molecule has 0 bridgehead atoms. The van der Waals surface area contributed by atoms with Gasteiger partial charge in [0, 0.05) is 31.2 Å². The molecule has 7 heteroatoms. The second-order valence-corrected chi connectivity index (χ2v) is 5.42. The van der Waals surface area contributed by atoms with Gasteiger partial charge in [-0.25, -0.2) is 0 Å². The van der Waals surface area contributed by atoms with Crippen molar-refractivity contribution in [3.63, 3.8) is 0 Å². The molecule has 1 heterocycles. The van der Waals surface area contributed by atoms with Crippen molar-refractivity contribution in [2.24, 2.45) is 0 Å². The minimum atomic E-state index is -0.667. The molecule has 0 aliphatic rings. The number of anilines is 1. The van der Waals surface area contributed by atoms with Gasteiger partial charge >= 0.3 is 11.8 Å². The molecule has 0 radical (unpaired) electrons. The molecule has 0 unspecified atom stereocenters. The van der Waals surface area contributed by atoms with E-state index >= 15 is 0 Å².